The number of carbonyl (C=O) groups excluding carboxylic acids is 1. The smallest absolute Gasteiger partial charge is 0.261 e. The number of aryl methyl sites for hydroxylation is 1. The van der Waals surface area contributed by atoms with Gasteiger partial charge in [0.2, 0.25) is 0 Å². The second kappa shape index (κ2) is 10.8. The van der Waals surface area contributed by atoms with Crippen LogP contribution in [-0.2, 0) is 21.3 Å². The lowest BCUT2D eigenvalue weighted by atomic mass is 10.1. The number of methoxy groups -OCH3 is 1. The molecule has 1 amide bonds. The normalized spacial score (nSPS) is 13.8. The van der Waals surface area contributed by atoms with Crippen molar-refractivity contribution >= 4 is 27.3 Å². The summed E-state index contributed by atoms with van der Waals surface area (Å²) in [4.78, 5) is 15.0. The van der Waals surface area contributed by atoms with Crippen molar-refractivity contribution in [2.75, 3.05) is 43.0 Å². The number of nitrogens with zero attached hydrogens (tertiary/aromatic N) is 1. The first-order chi connectivity index (χ1) is 16.9. The highest BCUT2D eigenvalue weighted by molar-refractivity contribution is 7.92. The molecule has 0 bridgehead atoms. The summed E-state index contributed by atoms with van der Waals surface area (Å²) >= 11 is 0. The van der Waals surface area contributed by atoms with Crippen molar-refractivity contribution in [3.05, 3.63) is 83.4 Å². The molecule has 1 aliphatic rings. The fourth-order valence-corrected chi connectivity index (χ4v) is 4.85. The van der Waals surface area contributed by atoms with E-state index in [2.05, 4.69) is 10.0 Å². The maximum absolute atomic E-state index is 13.2. The number of nitrogens with one attached hydrogen (secondary N) is 2. The number of carbonyl (C=O) groups is 1. The number of morpholine rings is 1. The van der Waals surface area contributed by atoms with Crippen LogP contribution in [0.3, 0.4) is 0 Å². The molecule has 3 aromatic carbocycles. The van der Waals surface area contributed by atoms with Crippen LogP contribution in [0.15, 0.2) is 71.6 Å². The Bertz CT molecular complexity index is 1270. The molecule has 0 radical (unpaired) electrons. The third-order valence-corrected chi connectivity index (χ3v) is 7.18. The Hall–Kier alpha value is -3.56. The van der Waals surface area contributed by atoms with E-state index in [1.807, 2.05) is 36.1 Å². The fourth-order valence-electron chi connectivity index (χ4n) is 3.79. The first-order valence-electron chi connectivity index (χ1n) is 11.3. The zero-order valence-electron chi connectivity index (χ0n) is 19.8. The van der Waals surface area contributed by atoms with Gasteiger partial charge in [-0.05, 0) is 55.0 Å². The minimum atomic E-state index is -3.90. The Morgan fingerprint density at radius 3 is 2.34 bits per heavy atom. The van der Waals surface area contributed by atoms with Crippen LogP contribution in [0.25, 0.3) is 0 Å². The quantitative estimate of drug-likeness (QED) is 0.496. The van der Waals surface area contributed by atoms with E-state index in [-0.39, 0.29) is 10.8 Å². The molecule has 1 heterocycles. The summed E-state index contributed by atoms with van der Waals surface area (Å²) in [7, 11) is -2.38. The van der Waals surface area contributed by atoms with E-state index in [0.29, 0.717) is 55.5 Å². The first kappa shape index (κ1) is 24.6. The van der Waals surface area contributed by atoms with Gasteiger partial charge in [0.05, 0.1) is 36.6 Å². The van der Waals surface area contributed by atoms with Gasteiger partial charge in [0.25, 0.3) is 15.9 Å². The van der Waals surface area contributed by atoms with Crippen LogP contribution in [0.1, 0.15) is 21.5 Å². The molecular weight excluding hydrogens is 466 g/mol. The molecule has 4 rings (SSSR count). The number of benzene rings is 3. The second-order valence-corrected chi connectivity index (χ2v) is 9.96. The van der Waals surface area contributed by atoms with Gasteiger partial charge in [-0.2, -0.15) is 0 Å². The van der Waals surface area contributed by atoms with Crippen molar-refractivity contribution in [1.82, 2.24) is 5.32 Å². The van der Waals surface area contributed by atoms with Crippen molar-refractivity contribution in [3.63, 3.8) is 0 Å². The Morgan fingerprint density at radius 2 is 1.69 bits per heavy atom. The van der Waals surface area contributed by atoms with Crippen LogP contribution < -0.4 is 19.7 Å². The average molecular weight is 496 g/mol. The summed E-state index contributed by atoms with van der Waals surface area (Å²) in [5.74, 6) is 0.272. The maximum Gasteiger partial charge on any atom is 0.261 e. The Kier molecular flexibility index (Phi) is 7.57. The van der Waals surface area contributed by atoms with E-state index < -0.39 is 10.0 Å². The minimum absolute atomic E-state index is 0.0976. The molecule has 0 aliphatic carbocycles. The van der Waals surface area contributed by atoms with Gasteiger partial charge < -0.3 is 19.7 Å². The van der Waals surface area contributed by atoms with Crippen molar-refractivity contribution in [3.8, 4) is 5.75 Å². The van der Waals surface area contributed by atoms with Gasteiger partial charge in [0.1, 0.15) is 5.75 Å². The molecule has 9 heteroatoms. The molecule has 0 atom stereocenters. The highest BCUT2D eigenvalue weighted by Crippen LogP contribution is 2.30. The molecule has 1 saturated heterocycles. The summed E-state index contributed by atoms with van der Waals surface area (Å²) in [5.41, 5.74) is 3.52. The van der Waals surface area contributed by atoms with Crippen LogP contribution in [0, 0.1) is 6.92 Å². The number of hydrogen-bond acceptors (Lipinski definition) is 6. The van der Waals surface area contributed by atoms with E-state index in [1.54, 1.807) is 30.3 Å². The van der Waals surface area contributed by atoms with Crippen LogP contribution in [0.2, 0.25) is 0 Å². The van der Waals surface area contributed by atoms with Gasteiger partial charge in [0.15, 0.2) is 0 Å². The molecule has 8 nitrogen and oxygen atoms in total. The van der Waals surface area contributed by atoms with Gasteiger partial charge >= 0.3 is 0 Å². The van der Waals surface area contributed by atoms with E-state index in [9.17, 15) is 13.2 Å². The van der Waals surface area contributed by atoms with Gasteiger partial charge in [0, 0.05) is 25.2 Å². The predicted octanol–water partition coefficient (Wildman–Crippen LogP) is 3.57. The lowest BCUT2D eigenvalue weighted by Crippen LogP contribution is -2.37. The molecule has 1 fully saturated rings. The molecule has 184 valence electrons. The molecule has 3 aromatic rings. The minimum Gasteiger partial charge on any atom is -0.497 e. The lowest BCUT2D eigenvalue weighted by molar-refractivity contribution is 0.0951. The largest absolute Gasteiger partial charge is 0.497 e. The third kappa shape index (κ3) is 6.12. The molecule has 0 spiro atoms. The number of anilines is 2. The molecular formula is C26H29N3O5S. The molecule has 2 N–H and O–H groups in total. The van der Waals surface area contributed by atoms with Crippen LogP contribution >= 0.6 is 0 Å². The van der Waals surface area contributed by atoms with Crippen molar-refractivity contribution in [2.24, 2.45) is 0 Å². The maximum atomic E-state index is 13.2. The number of sulfonamides is 1. The Labute approximate surface area is 205 Å². The van der Waals surface area contributed by atoms with Gasteiger partial charge in [-0.1, -0.05) is 29.8 Å². The highest BCUT2D eigenvalue weighted by Gasteiger charge is 2.22. The van der Waals surface area contributed by atoms with E-state index >= 15 is 0 Å². The van der Waals surface area contributed by atoms with Crippen LogP contribution in [0.5, 0.6) is 5.75 Å². The standard InChI is InChI=1S/C26H29N3O5S/c1-19-3-5-20(6-4-19)18-27-26(30)21-7-12-25(29-13-15-34-16-14-29)24(17-21)28-35(31,32)23-10-8-22(33-2)9-11-23/h3-12,17,28H,13-16,18H2,1-2H3,(H,27,30). The molecule has 1 aliphatic heterocycles. The summed E-state index contributed by atoms with van der Waals surface area (Å²) in [5, 5.41) is 2.90. The van der Waals surface area contributed by atoms with E-state index in [1.165, 1.54) is 19.2 Å². The molecule has 0 aromatic heterocycles. The van der Waals surface area contributed by atoms with Crippen molar-refractivity contribution < 1.29 is 22.7 Å². The van der Waals surface area contributed by atoms with E-state index in [0.717, 1.165) is 11.1 Å². The second-order valence-electron chi connectivity index (χ2n) is 8.28. The predicted molar refractivity (Wildman–Crippen MR) is 136 cm³/mol. The third-order valence-electron chi connectivity index (χ3n) is 5.80. The zero-order chi connectivity index (χ0) is 24.8. The van der Waals surface area contributed by atoms with Gasteiger partial charge in [-0.25, -0.2) is 8.42 Å². The number of ether oxygens (including phenoxy) is 2. The summed E-state index contributed by atoms with van der Waals surface area (Å²) in [6.45, 7) is 4.71. The number of amides is 1. The topological polar surface area (TPSA) is 97.0 Å². The first-order valence-corrected chi connectivity index (χ1v) is 12.8. The molecule has 0 unspecified atom stereocenters. The molecule has 35 heavy (non-hydrogen) atoms. The Balaban J connectivity index is 1.59. The van der Waals surface area contributed by atoms with Crippen LogP contribution in [-0.4, -0.2) is 47.7 Å². The summed E-state index contributed by atoms with van der Waals surface area (Å²) < 4.78 is 39.6. The SMILES string of the molecule is COc1ccc(S(=O)(=O)Nc2cc(C(=O)NCc3ccc(C)cc3)ccc2N2CCOCC2)cc1. The van der Waals surface area contributed by atoms with Gasteiger partial charge in [-0.15, -0.1) is 0 Å². The van der Waals surface area contributed by atoms with E-state index in [4.69, 9.17) is 9.47 Å². The van der Waals surface area contributed by atoms with Crippen LogP contribution in [0.4, 0.5) is 11.4 Å². The summed E-state index contributed by atoms with van der Waals surface area (Å²) in [6.07, 6.45) is 0. The number of hydrogen-bond donors (Lipinski definition) is 2. The van der Waals surface area contributed by atoms with Crippen molar-refractivity contribution in [1.29, 1.82) is 0 Å². The monoisotopic (exact) mass is 495 g/mol. The number of rotatable bonds is 8. The highest BCUT2D eigenvalue weighted by atomic mass is 32.2. The fraction of sp³-hybridized carbons (Fsp3) is 0.269. The van der Waals surface area contributed by atoms with Crippen molar-refractivity contribution in [2.45, 2.75) is 18.4 Å². The molecule has 0 saturated carbocycles. The lowest BCUT2D eigenvalue weighted by Gasteiger charge is -2.31. The zero-order valence-corrected chi connectivity index (χ0v) is 20.6. The Morgan fingerprint density at radius 1 is 1.00 bits per heavy atom. The average Bonchev–Trinajstić information content (AvgIpc) is 2.88. The van der Waals surface area contributed by atoms with Gasteiger partial charge in [-0.3, -0.25) is 9.52 Å². The summed E-state index contributed by atoms with van der Waals surface area (Å²) in [6, 6.07) is 19.1.